The minimum atomic E-state index is -0.565. The third-order valence-corrected chi connectivity index (χ3v) is 24.2. The van der Waals surface area contributed by atoms with Crippen molar-refractivity contribution in [3.63, 3.8) is 0 Å². The topological polar surface area (TPSA) is 276 Å². The number of nitrogens with zero attached hydrogens (tertiary/aromatic N) is 18. The van der Waals surface area contributed by atoms with E-state index in [-0.39, 0.29) is 136 Å². The molecule has 672 valence electrons. The predicted octanol–water partition coefficient (Wildman–Crippen LogP) is 16.8. The van der Waals surface area contributed by atoms with Crippen LogP contribution in [0.2, 0.25) is 15.1 Å². The summed E-state index contributed by atoms with van der Waals surface area (Å²) in [5.74, 6) is 3.02. The third-order valence-electron chi connectivity index (χ3n) is 23.3. The molecular formula is C100H99Cl3F3N19O6. The summed E-state index contributed by atoms with van der Waals surface area (Å²) in [6, 6.07) is 27.3. The van der Waals surface area contributed by atoms with Gasteiger partial charge < -0.3 is 34.7 Å². The summed E-state index contributed by atoms with van der Waals surface area (Å²) < 4.78 is 49.5. The fourth-order valence-corrected chi connectivity index (χ4v) is 17.7. The predicted molar refractivity (Wildman–Crippen MR) is 512 cm³/mol. The number of fused-ring (bicyclic) bond motifs is 3. The van der Waals surface area contributed by atoms with E-state index in [1.165, 1.54) is 56.7 Å². The Morgan fingerprint density at radius 3 is 1.18 bits per heavy atom. The van der Waals surface area contributed by atoms with E-state index in [9.17, 15) is 38.4 Å². The zero-order valence-corrected chi connectivity index (χ0v) is 77.3. The van der Waals surface area contributed by atoms with Crippen molar-refractivity contribution in [2.24, 2.45) is 0 Å². The fraction of sp³-hybridized carbons (Fsp3) is 0.310. The Morgan fingerprint density at radius 1 is 0.489 bits per heavy atom. The number of hydrogen-bond acceptors (Lipinski definition) is 19. The lowest BCUT2D eigenvalue weighted by molar-refractivity contribution is -0.128. The molecule has 3 saturated heterocycles. The van der Waals surface area contributed by atoms with Gasteiger partial charge in [-0.05, 0) is 129 Å². The first-order valence-electron chi connectivity index (χ1n) is 43.1. The molecule has 12 aromatic rings. The van der Waals surface area contributed by atoms with Gasteiger partial charge in [-0.1, -0.05) is 172 Å². The van der Waals surface area contributed by atoms with Gasteiger partial charge in [0.05, 0.1) is 94.7 Å². The molecule has 1 unspecified atom stereocenters. The van der Waals surface area contributed by atoms with Crippen molar-refractivity contribution in [1.29, 1.82) is 5.26 Å². The number of halogens is 6. The van der Waals surface area contributed by atoms with Gasteiger partial charge in [-0.2, -0.15) is 5.26 Å². The molecule has 0 aliphatic carbocycles. The second kappa shape index (κ2) is 40.5. The zero-order chi connectivity index (χ0) is 94.4. The van der Waals surface area contributed by atoms with Gasteiger partial charge in [0, 0.05) is 130 Å². The van der Waals surface area contributed by atoms with Crippen molar-refractivity contribution in [3.8, 4) is 81.6 Å². The van der Waals surface area contributed by atoms with E-state index >= 15 is 8.78 Å². The SMILES string of the molecule is C#Cc1c(N2CCN(C(=O)/C=C/CNC)CC2)c2cc(Cl)c(-c3ccccc3F)nc2n(-c2c(C(C)C)ncnc2C(C)C)c1=O.C#Cc1c(N2CCN(C(=O)C=C)CC2)c2cc(Cl)c(-c3ccccc3F)nc2n(-c2c(C(C)C)ncnc2C(C)C)c1=O.C=CC(=O)N1CCN(c2c(C#N)c(=O)n(-c3c(C)ccnc3C(C)C)c3nc(-c4ccccc4F)c(Cl)cc23)CC1C. The van der Waals surface area contributed by atoms with E-state index in [0.29, 0.717) is 157 Å². The van der Waals surface area contributed by atoms with Crippen molar-refractivity contribution in [2.45, 2.75) is 119 Å². The lowest BCUT2D eigenvalue weighted by atomic mass is 10.00. The number of anilines is 3. The molecule has 31 heteroatoms. The molecular weight excluding hydrogens is 1730 g/mol. The maximum Gasteiger partial charge on any atom is 0.276 e. The molecule has 15 rings (SSSR count). The smallest absolute Gasteiger partial charge is 0.276 e. The normalized spacial score (nSPS) is 14.2. The molecule has 3 aromatic carbocycles. The second-order valence-corrected chi connectivity index (χ2v) is 34.7. The number of aromatic nitrogens is 11. The van der Waals surface area contributed by atoms with Crippen LogP contribution in [0.3, 0.4) is 0 Å². The first kappa shape index (κ1) is 94.9. The van der Waals surface area contributed by atoms with Gasteiger partial charge >= 0.3 is 0 Å². The standard InChI is InChI=1S/C35H37ClFN7O2.C33H32ClFN6O2.C32H30ClFN6O2/c1-7-23-32(43-17-15-42(16-18-43)28(45)13-10-14-38-6)25-19-26(36)31(24-11-8-9-12-27(24)37)41-34(25)44(35(23)46)33-29(21(2)3)39-20-40-30(33)22(4)5;1-7-21-30(40-15-13-39(14-16-40)26(42)8-2)23-17-24(34)29(22-11-9-10-12-25(22)35)38-32(23)41(33(21)43)31-27(19(3)4)36-18-37-28(31)20(5)6;1-6-26(41)39-14-13-38(17-20(39)5)30-22-15-24(33)28(21-9-7-8-10-25(21)34)37-31(22)40(32(42)23(30)16-35)29-19(4)11-12-36-27(29)18(2)3/h1,8-13,19-22,38H,14-18H2,2-6H3;1,8-12,17-20H,2,13-16H2,3-6H3;6-12,15,18,20H,1,13-14,17H2,2-5H3/b13-10+;;. The Hall–Kier alpha value is -13.7. The third kappa shape index (κ3) is 18.7. The molecule has 0 saturated carbocycles. The van der Waals surface area contributed by atoms with Gasteiger partial charge in [0.1, 0.15) is 69.8 Å². The number of aryl methyl sites for hydroxylation is 1. The largest absolute Gasteiger partial charge is 0.366 e. The Kier molecular flexibility index (Phi) is 29.4. The number of likely N-dealkylation sites (N-methyl/N-ethyl adjacent to an activating group) is 1. The van der Waals surface area contributed by atoms with Gasteiger partial charge in [-0.25, -0.2) is 48.1 Å². The van der Waals surface area contributed by atoms with Crippen LogP contribution in [0.4, 0.5) is 30.2 Å². The zero-order valence-electron chi connectivity index (χ0n) is 75.1. The molecule has 3 amide bonds. The van der Waals surface area contributed by atoms with Crippen LogP contribution in [0.25, 0.3) is 83.9 Å². The lowest BCUT2D eigenvalue weighted by Crippen LogP contribution is -2.54. The van der Waals surface area contributed by atoms with Crippen LogP contribution in [0.1, 0.15) is 156 Å². The van der Waals surface area contributed by atoms with Crippen LogP contribution in [0.15, 0.2) is 168 Å². The highest BCUT2D eigenvalue weighted by Gasteiger charge is 2.37. The van der Waals surface area contributed by atoms with Gasteiger partial charge in [-0.3, -0.25) is 47.5 Å². The molecule has 131 heavy (non-hydrogen) atoms. The number of rotatable bonds is 19. The molecule has 25 nitrogen and oxygen atoms in total. The summed E-state index contributed by atoms with van der Waals surface area (Å²) >= 11 is 20.5. The average Bonchev–Trinajstić information content (AvgIpc) is 0.731. The number of amides is 3. The number of carbonyl (C=O) groups excluding carboxylic acids is 3. The quantitative estimate of drug-likeness (QED) is 0.0582. The molecule has 3 aliphatic heterocycles. The Morgan fingerprint density at radius 2 is 0.832 bits per heavy atom. The molecule has 12 heterocycles. The lowest BCUT2D eigenvalue weighted by Gasteiger charge is -2.41. The Bertz CT molecular complexity index is 6860. The van der Waals surface area contributed by atoms with Crippen LogP contribution >= 0.6 is 34.8 Å². The molecule has 0 spiro atoms. The first-order chi connectivity index (χ1) is 62.7. The summed E-state index contributed by atoms with van der Waals surface area (Å²) in [6.45, 7) is 35.8. The fourth-order valence-electron chi connectivity index (χ4n) is 17.0. The number of pyridine rings is 7. The van der Waals surface area contributed by atoms with Crippen LogP contribution in [-0.4, -0.2) is 178 Å². The summed E-state index contributed by atoms with van der Waals surface area (Å²) in [4.78, 5) is 130. The minimum absolute atomic E-state index is 0.0540. The van der Waals surface area contributed by atoms with Gasteiger partial charge in [0.25, 0.3) is 16.7 Å². The molecule has 9 aromatic heterocycles. The van der Waals surface area contributed by atoms with E-state index in [1.54, 1.807) is 112 Å². The summed E-state index contributed by atoms with van der Waals surface area (Å²) in [6.07, 6.45) is 22.8. The summed E-state index contributed by atoms with van der Waals surface area (Å²) in [5.41, 5.74) is 7.50. The van der Waals surface area contributed by atoms with Crippen molar-refractivity contribution >= 4 is 103 Å². The van der Waals surface area contributed by atoms with Crippen LogP contribution < -0.4 is 36.7 Å². The van der Waals surface area contributed by atoms with Crippen molar-refractivity contribution in [3.05, 3.63) is 268 Å². The average molecular weight is 1830 g/mol. The highest BCUT2D eigenvalue weighted by Crippen LogP contribution is 2.44. The highest BCUT2D eigenvalue weighted by atomic mass is 35.5. The molecule has 0 bridgehead atoms. The molecule has 3 fully saturated rings. The maximum absolute atomic E-state index is 15.1. The monoisotopic (exact) mass is 1820 g/mol. The van der Waals surface area contributed by atoms with E-state index in [1.807, 2.05) is 105 Å². The van der Waals surface area contributed by atoms with Crippen LogP contribution in [0.5, 0.6) is 0 Å². The van der Waals surface area contributed by atoms with Crippen LogP contribution in [0, 0.1) is 60.4 Å². The van der Waals surface area contributed by atoms with Gasteiger partial charge in [0.2, 0.25) is 17.7 Å². The maximum atomic E-state index is 15.1. The van der Waals surface area contributed by atoms with Crippen molar-refractivity contribution in [2.75, 3.05) is 100 Å². The molecule has 0 radical (unpaired) electrons. The number of nitrogens with one attached hydrogen (secondary N) is 1. The van der Waals surface area contributed by atoms with E-state index in [0.717, 1.165) is 5.56 Å². The van der Waals surface area contributed by atoms with E-state index in [4.69, 9.17) is 62.6 Å². The number of carbonyl (C=O) groups is 3. The number of benzene rings is 3. The number of hydrogen-bond donors (Lipinski definition) is 1. The molecule has 1 N–H and O–H groups in total. The highest BCUT2D eigenvalue weighted by molar-refractivity contribution is 6.35. The summed E-state index contributed by atoms with van der Waals surface area (Å²) in [7, 11) is 1.81. The Labute approximate surface area is 772 Å². The van der Waals surface area contributed by atoms with Crippen molar-refractivity contribution in [1.82, 2.24) is 73.6 Å². The van der Waals surface area contributed by atoms with E-state index < -0.39 is 34.1 Å². The number of nitriles is 1. The minimum Gasteiger partial charge on any atom is -0.366 e. The van der Waals surface area contributed by atoms with E-state index in [2.05, 4.69) is 61.3 Å². The molecule has 1 atom stereocenters. The second-order valence-electron chi connectivity index (χ2n) is 33.4. The van der Waals surface area contributed by atoms with Crippen molar-refractivity contribution < 1.29 is 27.6 Å². The first-order valence-corrected chi connectivity index (χ1v) is 44.2. The number of terminal acetylenes is 2. The van der Waals surface area contributed by atoms with Crippen LogP contribution in [-0.2, 0) is 14.4 Å². The summed E-state index contributed by atoms with van der Waals surface area (Å²) in [5, 5.41) is 15.5. The molecule has 3 aliphatic rings. The van der Waals surface area contributed by atoms with Gasteiger partial charge in [0.15, 0.2) is 0 Å². The van der Waals surface area contributed by atoms with Gasteiger partial charge in [-0.15, -0.1) is 12.8 Å². The number of piperazine rings is 3. The Balaban J connectivity index is 0.000000167.